The van der Waals surface area contributed by atoms with Gasteiger partial charge in [-0.2, -0.15) is 0 Å². The van der Waals surface area contributed by atoms with Gasteiger partial charge in [-0.3, -0.25) is 9.59 Å². The number of halogens is 1. The van der Waals surface area contributed by atoms with Gasteiger partial charge in [-0.1, -0.05) is 40.8 Å². The largest absolute Gasteiger partial charge is 0.465 e. The number of carbonyl (C=O) groups is 2. The van der Waals surface area contributed by atoms with Crippen molar-refractivity contribution in [2.75, 3.05) is 11.0 Å². The van der Waals surface area contributed by atoms with Gasteiger partial charge in [-0.05, 0) is 56.9 Å². The van der Waals surface area contributed by atoms with E-state index in [1.807, 2.05) is 13.0 Å². The van der Waals surface area contributed by atoms with Gasteiger partial charge in [0.2, 0.25) is 0 Å². The predicted molar refractivity (Wildman–Crippen MR) is 91.2 cm³/mol. The molecular formula is C17H23IO3. The zero-order valence-electron chi connectivity index (χ0n) is 12.7. The lowest BCUT2D eigenvalue weighted by atomic mass is 9.57. The third-order valence-corrected chi connectivity index (χ3v) is 6.22. The Balaban J connectivity index is 2.40. The zero-order chi connectivity index (χ0) is 15.6. The number of alkyl halides is 1. The Hall–Kier alpha value is -0.650. The lowest BCUT2D eigenvalue weighted by molar-refractivity contribution is -0.163. The van der Waals surface area contributed by atoms with Crippen LogP contribution >= 0.6 is 22.6 Å². The average Bonchev–Trinajstić information content (AvgIpc) is 2.47. The number of allylic oxidation sites excluding steroid dienone is 3. The van der Waals surface area contributed by atoms with Crippen molar-refractivity contribution in [3.8, 4) is 0 Å². The van der Waals surface area contributed by atoms with E-state index in [1.54, 1.807) is 13.0 Å². The van der Waals surface area contributed by atoms with Gasteiger partial charge in [0, 0.05) is 4.43 Å². The molecule has 0 heterocycles. The molecule has 2 aliphatic rings. The Labute approximate surface area is 140 Å². The van der Waals surface area contributed by atoms with Crippen molar-refractivity contribution in [1.29, 1.82) is 0 Å². The van der Waals surface area contributed by atoms with E-state index in [1.165, 1.54) is 0 Å². The fourth-order valence-corrected chi connectivity index (χ4v) is 4.97. The van der Waals surface area contributed by atoms with Gasteiger partial charge in [0.25, 0.3) is 0 Å². The Morgan fingerprint density at radius 2 is 2.24 bits per heavy atom. The lowest BCUT2D eigenvalue weighted by Gasteiger charge is -2.46. The molecule has 21 heavy (non-hydrogen) atoms. The van der Waals surface area contributed by atoms with Crippen LogP contribution in [0.3, 0.4) is 0 Å². The van der Waals surface area contributed by atoms with E-state index in [9.17, 15) is 9.59 Å². The summed E-state index contributed by atoms with van der Waals surface area (Å²) in [6.45, 7) is 8.22. The van der Waals surface area contributed by atoms with Crippen LogP contribution in [-0.2, 0) is 14.3 Å². The van der Waals surface area contributed by atoms with Gasteiger partial charge in [-0.15, -0.1) is 0 Å². The smallest absolute Gasteiger partial charge is 0.321 e. The molecule has 4 heteroatoms. The molecule has 1 unspecified atom stereocenters. The molecule has 0 radical (unpaired) electrons. The van der Waals surface area contributed by atoms with E-state index in [-0.39, 0.29) is 17.7 Å². The number of carbonyl (C=O) groups excluding carboxylic acids is 2. The molecule has 0 aromatic heterocycles. The molecule has 0 spiro atoms. The monoisotopic (exact) mass is 402 g/mol. The van der Waals surface area contributed by atoms with Crippen LogP contribution in [0.4, 0.5) is 0 Å². The Kier molecular flexibility index (Phi) is 5.28. The first kappa shape index (κ1) is 16.7. The Morgan fingerprint density at radius 3 is 2.81 bits per heavy atom. The van der Waals surface area contributed by atoms with Crippen molar-refractivity contribution in [2.45, 2.75) is 33.1 Å². The van der Waals surface area contributed by atoms with Gasteiger partial charge in [0.15, 0.2) is 5.78 Å². The first-order valence-corrected chi connectivity index (χ1v) is 9.11. The van der Waals surface area contributed by atoms with Crippen molar-refractivity contribution >= 4 is 34.3 Å². The highest BCUT2D eigenvalue weighted by Gasteiger charge is 2.56. The second-order valence-electron chi connectivity index (χ2n) is 6.18. The summed E-state index contributed by atoms with van der Waals surface area (Å²) in [7, 11) is 0. The molecule has 0 aromatic carbocycles. The van der Waals surface area contributed by atoms with Crippen LogP contribution in [0.25, 0.3) is 0 Å². The minimum atomic E-state index is -0.996. The molecule has 0 aliphatic heterocycles. The molecule has 3 nitrogen and oxygen atoms in total. The molecule has 0 bridgehead atoms. The molecule has 0 N–H and O–H groups in total. The van der Waals surface area contributed by atoms with Crippen molar-refractivity contribution in [3.05, 3.63) is 24.3 Å². The number of rotatable bonds is 4. The molecule has 0 amide bonds. The summed E-state index contributed by atoms with van der Waals surface area (Å²) in [5.41, 5.74) is 0.158. The molecule has 1 saturated carbocycles. The summed E-state index contributed by atoms with van der Waals surface area (Å²) < 4.78 is 5.75. The molecule has 2 rings (SSSR count). The van der Waals surface area contributed by atoms with Crippen LogP contribution in [0.5, 0.6) is 0 Å². The molecule has 1 fully saturated rings. The molecule has 116 valence electrons. The Bertz CT molecular complexity index is 482. The van der Waals surface area contributed by atoms with Crippen LogP contribution in [-0.4, -0.2) is 22.8 Å². The predicted octanol–water partition coefficient (Wildman–Crippen LogP) is 3.72. The fourth-order valence-electron chi connectivity index (χ4n) is 3.71. The highest BCUT2D eigenvalue weighted by atomic mass is 127. The maximum absolute atomic E-state index is 12.6. The summed E-state index contributed by atoms with van der Waals surface area (Å²) >= 11 is 2.17. The van der Waals surface area contributed by atoms with Gasteiger partial charge in [-0.25, -0.2) is 0 Å². The fraction of sp³-hybridized carbons (Fsp3) is 0.647. The van der Waals surface area contributed by atoms with Crippen LogP contribution in [0.2, 0.25) is 0 Å². The lowest BCUT2D eigenvalue weighted by Crippen LogP contribution is -2.53. The van der Waals surface area contributed by atoms with E-state index in [4.69, 9.17) is 4.74 Å². The summed E-state index contributed by atoms with van der Waals surface area (Å²) in [6, 6.07) is 0. The van der Waals surface area contributed by atoms with E-state index >= 15 is 0 Å². The minimum absolute atomic E-state index is 0.0430. The number of hydrogen-bond acceptors (Lipinski definition) is 3. The van der Waals surface area contributed by atoms with Crippen LogP contribution in [0, 0.1) is 23.2 Å². The normalized spacial score (nSPS) is 35.2. The summed E-state index contributed by atoms with van der Waals surface area (Å²) in [5, 5.41) is 0. The molecule has 0 saturated heterocycles. The number of fused-ring (bicyclic) bond motifs is 1. The van der Waals surface area contributed by atoms with Crippen molar-refractivity contribution in [2.24, 2.45) is 23.2 Å². The van der Waals surface area contributed by atoms with E-state index in [0.29, 0.717) is 22.9 Å². The molecular weight excluding hydrogens is 379 g/mol. The standard InChI is InChI=1S/C17H23IO3/c1-4-21-16(20)17(10-18)14-9-13(11(2)3)6-5-12(14)7-8-15(17)19/h7-8,12-14H,2,4-6,9-10H2,1,3H3/t12?,13-,14+,17+/m1/s1. The van der Waals surface area contributed by atoms with Crippen LogP contribution in [0.1, 0.15) is 33.1 Å². The quantitative estimate of drug-likeness (QED) is 0.237. The summed E-state index contributed by atoms with van der Waals surface area (Å²) in [5.74, 6) is 0.325. The highest BCUT2D eigenvalue weighted by molar-refractivity contribution is 14.1. The van der Waals surface area contributed by atoms with Crippen molar-refractivity contribution in [3.63, 3.8) is 0 Å². The number of esters is 1. The number of ketones is 1. The maximum atomic E-state index is 12.6. The highest BCUT2D eigenvalue weighted by Crippen LogP contribution is 2.50. The van der Waals surface area contributed by atoms with Gasteiger partial charge >= 0.3 is 5.97 Å². The van der Waals surface area contributed by atoms with Crippen molar-refractivity contribution in [1.82, 2.24) is 0 Å². The van der Waals surface area contributed by atoms with Gasteiger partial charge in [0.1, 0.15) is 5.41 Å². The minimum Gasteiger partial charge on any atom is -0.465 e. The second kappa shape index (κ2) is 6.63. The van der Waals surface area contributed by atoms with E-state index < -0.39 is 5.41 Å². The third kappa shape index (κ3) is 2.83. The average molecular weight is 402 g/mol. The first-order chi connectivity index (χ1) is 9.97. The van der Waals surface area contributed by atoms with Crippen molar-refractivity contribution < 1.29 is 14.3 Å². The molecule has 2 aliphatic carbocycles. The van der Waals surface area contributed by atoms with E-state index in [0.717, 1.165) is 24.8 Å². The van der Waals surface area contributed by atoms with E-state index in [2.05, 4.69) is 29.2 Å². The van der Waals surface area contributed by atoms with Crippen LogP contribution < -0.4 is 0 Å². The SMILES string of the molecule is C=C(C)[C@@H]1CCC2C=CC(=O)[C@@](CI)(C(=O)OCC)[C@H]2C1. The maximum Gasteiger partial charge on any atom is 0.321 e. The van der Waals surface area contributed by atoms with Crippen LogP contribution in [0.15, 0.2) is 24.3 Å². The molecule has 4 atom stereocenters. The third-order valence-electron chi connectivity index (χ3n) is 5.02. The van der Waals surface area contributed by atoms with Gasteiger partial charge in [0.05, 0.1) is 6.61 Å². The topological polar surface area (TPSA) is 43.4 Å². The van der Waals surface area contributed by atoms with Gasteiger partial charge < -0.3 is 4.74 Å². The summed E-state index contributed by atoms with van der Waals surface area (Å²) in [4.78, 5) is 25.2. The molecule has 0 aromatic rings. The zero-order valence-corrected chi connectivity index (χ0v) is 14.9. The Morgan fingerprint density at radius 1 is 1.52 bits per heavy atom. The number of ether oxygens (including phenoxy) is 1. The second-order valence-corrected chi connectivity index (χ2v) is 6.94. The first-order valence-electron chi connectivity index (χ1n) is 7.58. The summed E-state index contributed by atoms with van der Waals surface area (Å²) in [6.07, 6.45) is 6.58. The number of hydrogen-bond donors (Lipinski definition) is 0.